The Morgan fingerprint density at radius 2 is 2.37 bits per heavy atom. The molecule has 1 aromatic carbocycles. The Morgan fingerprint density at radius 1 is 1.53 bits per heavy atom. The first kappa shape index (κ1) is 15.0. The average molecular weight is 328 g/mol. The second-order valence-corrected chi connectivity index (χ2v) is 6.00. The summed E-state index contributed by atoms with van der Waals surface area (Å²) in [6.07, 6.45) is 2.02. The summed E-state index contributed by atoms with van der Waals surface area (Å²) in [6.45, 7) is 4.51. The predicted molar refractivity (Wildman–Crippen MR) is 80.4 cm³/mol. The normalized spacial score (nSPS) is 24.6. The molecule has 2 rings (SSSR count). The van der Waals surface area contributed by atoms with Gasteiger partial charge in [0.25, 0.3) is 0 Å². The molecule has 1 aliphatic rings. The van der Waals surface area contributed by atoms with E-state index in [0.717, 1.165) is 30.5 Å². The molecule has 1 aliphatic heterocycles. The molecule has 4 heteroatoms. The van der Waals surface area contributed by atoms with Crippen LogP contribution in [0, 0.1) is 0 Å². The maximum absolute atomic E-state index is 5.66. The van der Waals surface area contributed by atoms with E-state index in [1.54, 1.807) is 7.11 Å². The minimum Gasteiger partial charge on any atom is -0.378 e. The van der Waals surface area contributed by atoms with Gasteiger partial charge in [-0.05, 0) is 24.1 Å². The maximum atomic E-state index is 5.66. The molecule has 0 spiro atoms. The van der Waals surface area contributed by atoms with Crippen LogP contribution in [0.4, 0.5) is 0 Å². The average Bonchev–Trinajstić information content (AvgIpc) is 2.89. The number of benzene rings is 1. The van der Waals surface area contributed by atoms with E-state index in [1.165, 1.54) is 5.56 Å². The molecule has 1 N–H and O–H groups in total. The zero-order valence-electron chi connectivity index (χ0n) is 11.6. The molecule has 1 fully saturated rings. The lowest BCUT2D eigenvalue weighted by atomic mass is 10.00. The number of methoxy groups -OCH3 is 1. The first-order valence-electron chi connectivity index (χ1n) is 6.81. The smallest absolute Gasteiger partial charge is 0.106 e. The van der Waals surface area contributed by atoms with Crippen molar-refractivity contribution in [1.82, 2.24) is 5.32 Å². The van der Waals surface area contributed by atoms with Crippen LogP contribution >= 0.6 is 15.9 Å². The van der Waals surface area contributed by atoms with Gasteiger partial charge in [-0.1, -0.05) is 35.0 Å². The minimum atomic E-state index is -0.153. The number of nitrogens with one attached hydrogen (secondary N) is 1. The van der Waals surface area contributed by atoms with E-state index in [2.05, 4.69) is 52.4 Å². The first-order valence-corrected chi connectivity index (χ1v) is 7.60. The molecule has 106 valence electrons. The van der Waals surface area contributed by atoms with Crippen LogP contribution in [-0.4, -0.2) is 32.5 Å². The number of ether oxygens (including phenoxy) is 2. The van der Waals surface area contributed by atoms with E-state index in [-0.39, 0.29) is 5.60 Å². The van der Waals surface area contributed by atoms with Gasteiger partial charge >= 0.3 is 0 Å². The molecule has 1 heterocycles. The molecular weight excluding hydrogens is 306 g/mol. The molecule has 0 radical (unpaired) electrons. The molecule has 1 saturated heterocycles. The molecule has 1 aromatic rings. The van der Waals surface area contributed by atoms with E-state index in [1.807, 2.05) is 0 Å². The standard InChI is InChI=1S/C15H22BrNO2/c1-3-14(12-5-4-6-13(16)9-12)17-10-15(18-2)7-8-19-11-15/h4-6,9,14,17H,3,7-8,10-11H2,1-2H3. The highest BCUT2D eigenvalue weighted by Crippen LogP contribution is 2.25. The monoisotopic (exact) mass is 327 g/mol. The Labute approximate surface area is 123 Å². The van der Waals surface area contributed by atoms with E-state index in [9.17, 15) is 0 Å². The quantitative estimate of drug-likeness (QED) is 0.869. The van der Waals surface area contributed by atoms with Gasteiger partial charge in [-0.15, -0.1) is 0 Å². The van der Waals surface area contributed by atoms with E-state index < -0.39 is 0 Å². The van der Waals surface area contributed by atoms with Crippen molar-refractivity contribution in [2.75, 3.05) is 26.9 Å². The van der Waals surface area contributed by atoms with Gasteiger partial charge in [-0.3, -0.25) is 0 Å². The second kappa shape index (κ2) is 6.84. The fourth-order valence-corrected chi connectivity index (χ4v) is 2.91. The third kappa shape index (κ3) is 3.78. The topological polar surface area (TPSA) is 30.5 Å². The van der Waals surface area contributed by atoms with Gasteiger partial charge in [0.1, 0.15) is 5.60 Å². The zero-order chi connectivity index (χ0) is 13.7. The van der Waals surface area contributed by atoms with Crippen LogP contribution < -0.4 is 5.32 Å². The Kier molecular flexibility index (Phi) is 5.39. The van der Waals surface area contributed by atoms with Crippen molar-refractivity contribution >= 4 is 15.9 Å². The highest BCUT2D eigenvalue weighted by Gasteiger charge is 2.35. The Balaban J connectivity index is 1.99. The summed E-state index contributed by atoms with van der Waals surface area (Å²) in [5.74, 6) is 0. The van der Waals surface area contributed by atoms with Crippen LogP contribution in [0.5, 0.6) is 0 Å². The number of hydrogen-bond donors (Lipinski definition) is 1. The Hall–Kier alpha value is -0.420. The highest BCUT2D eigenvalue weighted by atomic mass is 79.9. The van der Waals surface area contributed by atoms with Crippen molar-refractivity contribution in [1.29, 1.82) is 0 Å². The number of rotatable bonds is 6. The van der Waals surface area contributed by atoms with Crippen molar-refractivity contribution in [2.45, 2.75) is 31.4 Å². The summed E-state index contributed by atoms with van der Waals surface area (Å²) in [4.78, 5) is 0. The molecule has 3 nitrogen and oxygen atoms in total. The van der Waals surface area contributed by atoms with Crippen molar-refractivity contribution in [3.8, 4) is 0 Å². The van der Waals surface area contributed by atoms with Gasteiger partial charge in [0.15, 0.2) is 0 Å². The SMILES string of the molecule is CCC(NCC1(OC)CCOC1)c1cccc(Br)c1. The molecule has 19 heavy (non-hydrogen) atoms. The van der Waals surface area contributed by atoms with Gasteiger partial charge < -0.3 is 14.8 Å². The van der Waals surface area contributed by atoms with Crippen LogP contribution in [-0.2, 0) is 9.47 Å². The highest BCUT2D eigenvalue weighted by molar-refractivity contribution is 9.10. The van der Waals surface area contributed by atoms with Gasteiger partial charge in [0.05, 0.1) is 6.61 Å². The summed E-state index contributed by atoms with van der Waals surface area (Å²) >= 11 is 3.53. The van der Waals surface area contributed by atoms with Crippen LogP contribution in [0.25, 0.3) is 0 Å². The lowest BCUT2D eigenvalue weighted by molar-refractivity contribution is -0.0176. The van der Waals surface area contributed by atoms with Crippen molar-refractivity contribution in [3.05, 3.63) is 34.3 Å². The molecule has 2 atom stereocenters. The third-order valence-electron chi connectivity index (χ3n) is 3.83. The first-order chi connectivity index (χ1) is 9.19. The van der Waals surface area contributed by atoms with Gasteiger partial charge in [-0.2, -0.15) is 0 Å². The van der Waals surface area contributed by atoms with Crippen molar-refractivity contribution in [2.24, 2.45) is 0 Å². The predicted octanol–water partition coefficient (Wildman–Crippen LogP) is 3.30. The molecular formula is C15H22BrNO2. The maximum Gasteiger partial charge on any atom is 0.106 e. The van der Waals surface area contributed by atoms with Crippen LogP contribution in [0.15, 0.2) is 28.7 Å². The van der Waals surface area contributed by atoms with Crippen LogP contribution in [0.1, 0.15) is 31.4 Å². The van der Waals surface area contributed by atoms with Gasteiger partial charge in [0.2, 0.25) is 0 Å². The van der Waals surface area contributed by atoms with E-state index in [0.29, 0.717) is 12.6 Å². The summed E-state index contributed by atoms with van der Waals surface area (Å²) in [5.41, 5.74) is 1.15. The summed E-state index contributed by atoms with van der Waals surface area (Å²) in [5, 5.41) is 3.62. The lowest BCUT2D eigenvalue weighted by Crippen LogP contribution is -2.44. The van der Waals surface area contributed by atoms with Crippen LogP contribution in [0.2, 0.25) is 0 Å². The molecule has 0 amide bonds. The van der Waals surface area contributed by atoms with Crippen LogP contribution in [0.3, 0.4) is 0 Å². The Bertz CT molecular complexity index is 405. The molecule has 2 unspecified atom stereocenters. The van der Waals surface area contributed by atoms with E-state index >= 15 is 0 Å². The Morgan fingerprint density at radius 3 is 2.95 bits per heavy atom. The van der Waals surface area contributed by atoms with Crippen molar-refractivity contribution < 1.29 is 9.47 Å². The zero-order valence-corrected chi connectivity index (χ0v) is 13.2. The second-order valence-electron chi connectivity index (χ2n) is 5.09. The summed E-state index contributed by atoms with van der Waals surface area (Å²) in [6, 6.07) is 8.82. The van der Waals surface area contributed by atoms with Gasteiger partial charge in [0, 0.05) is 37.2 Å². The molecule has 0 bridgehead atoms. The van der Waals surface area contributed by atoms with E-state index in [4.69, 9.17) is 9.47 Å². The summed E-state index contributed by atoms with van der Waals surface area (Å²) in [7, 11) is 1.77. The van der Waals surface area contributed by atoms with Crippen molar-refractivity contribution in [3.63, 3.8) is 0 Å². The molecule has 0 aromatic heterocycles. The fourth-order valence-electron chi connectivity index (χ4n) is 2.49. The molecule has 0 aliphatic carbocycles. The molecule has 0 saturated carbocycles. The third-order valence-corrected chi connectivity index (χ3v) is 4.32. The summed E-state index contributed by atoms with van der Waals surface area (Å²) < 4.78 is 12.2. The largest absolute Gasteiger partial charge is 0.378 e. The number of hydrogen-bond acceptors (Lipinski definition) is 3. The van der Waals surface area contributed by atoms with Gasteiger partial charge in [-0.25, -0.2) is 0 Å². The number of halogens is 1. The fraction of sp³-hybridized carbons (Fsp3) is 0.600. The minimum absolute atomic E-state index is 0.153. The lowest BCUT2D eigenvalue weighted by Gasteiger charge is -2.29.